The topological polar surface area (TPSA) is 104 Å². The Hall–Kier alpha value is -2.67. The zero-order valence-electron chi connectivity index (χ0n) is 16.1. The van der Waals surface area contributed by atoms with E-state index in [1.165, 1.54) is 0 Å². The number of aliphatic hydroxyl groups is 1. The number of hydrogen-bond donors (Lipinski definition) is 3. The average Bonchev–Trinajstić information content (AvgIpc) is 3.08. The standard InChI is InChI=1S/C21H25N3O4/c1-11-17(21(27)23-12(2)22-11)10-19(26)24-20(15-8-16(25)9-15)14-3-4-18-13(7-14)5-6-28-18/h3-4,7,15-16,20,25H,5-6,8-10H2,1-2H3,(H,24,26)(H,22,23,27)/t15?,16?,20-/m1/s1. The first-order valence-electron chi connectivity index (χ1n) is 9.70. The van der Waals surface area contributed by atoms with E-state index < -0.39 is 0 Å². The number of carbonyl (C=O) groups excluding carboxylic acids is 1. The average molecular weight is 383 g/mol. The number of hydrogen-bond acceptors (Lipinski definition) is 5. The number of benzene rings is 1. The van der Waals surface area contributed by atoms with Crippen molar-refractivity contribution in [2.75, 3.05) is 6.61 Å². The van der Waals surface area contributed by atoms with E-state index in [2.05, 4.69) is 21.4 Å². The zero-order chi connectivity index (χ0) is 19.8. The maximum atomic E-state index is 12.8. The summed E-state index contributed by atoms with van der Waals surface area (Å²) < 4.78 is 5.57. The van der Waals surface area contributed by atoms with Gasteiger partial charge < -0.3 is 20.1 Å². The minimum Gasteiger partial charge on any atom is -0.493 e. The van der Waals surface area contributed by atoms with E-state index in [1.54, 1.807) is 13.8 Å². The third-order valence-corrected chi connectivity index (χ3v) is 5.69. The zero-order valence-corrected chi connectivity index (χ0v) is 16.1. The molecular weight excluding hydrogens is 358 g/mol. The lowest BCUT2D eigenvalue weighted by atomic mass is 9.74. The van der Waals surface area contributed by atoms with Gasteiger partial charge in [-0.2, -0.15) is 0 Å². The Labute approximate surface area is 163 Å². The lowest BCUT2D eigenvalue weighted by Gasteiger charge is -2.38. The number of fused-ring (bicyclic) bond motifs is 1. The first-order valence-corrected chi connectivity index (χ1v) is 9.70. The predicted molar refractivity (Wildman–Crippen MR) is 103 cm³/mol. The van der Waals surface area contributed by atoms with Gasteiger partial charge in [0.1, 0.15) is 11.6 Å². The molecule has 7 nitrogen and oxygen atoms in total. The summed E-state index contributed by atoms with van der Waals surface area (Å²) in [7, 11) is 0. The smallest absolute Gasteiger partial charge is 0.254 e. The van der Waals surface area contributed by atoms with Crippen LogP contribution in [0.15, 0.2) is 23.0 Å². The summed E-state index contributed by atoms with van der Waals surface area (Å²) in [5.41, 5.74) is 2.85. The number of nitrogens with one attached hydrogen (secondary N) is 2. The first-order chi connectivity index (χ1) is 13.4. The number of H-pyrrole nitrogens is 1. The fraction of sp³-hybridized carbons (Fsp3) is 0.476. The highest BCUT2D eigenvalue weighted by Gasteiger charge is 2.36. The number of aryl methyl sites for hydroxylation is 2. The normalized spacial score (nSPS) is 21.4. The van der Waals surface area contributed by atoms with E-state index in [-0.39, 0.29) is 36.0 Å². The lowest BCUT2D eigenvalue weighted by Crippen LogP contribution is -2.42. The van der Waals surface area contributed by atoms with Crippen LogP contribution in [0.5, 0.6) is 5.75 Å². The van der Waals surface area contributed by atoms with Crippen molar-refractivity contribution in [3.63, 3.8) is 0 Å². The summed E-state index contributed by atoms with van der Waals surface area (Å²) in [5.74, 6) is 1.39. The van der Waals surface area contributed by atoms with Crippen molar-refractivity contribution in [2.45, 2.75) is 51.7 Å². The Kier molecular flexibility index (Phi) is 4.93. The van der Waals surface area contributed by atoms with Crippen LogP contribution in [-0.2, 0) is 17.6 Å². The number of aromatic amines is 1. The van der Waals surface area contributed by atoms with Crippen LogP contribution in [0.2, 0.25) is 0 Å². The van der Waals surface area contributed by atoms with Crippen LogP contribution < -0.4 is 15.6 Å². The highest BCUT2D eigenvalue weighted by atomic mass is 16.5. The Morgan fingerprint density at radius 1 is 1.39 bits per heavy atom. The summed E-state index contributed by atoms with van der Waals surface area (Å²) in [4.78, 5) is 31.9. The van der Waals surface area contributed by atoms with Crippen molar-refractivity contribution < 1.29 is 14.6 Å². The van der Waals surface area contributed by atoms with E-state index in [0.717, 1.165) is 23.3 Å². The second-order valence-electron chi connectivity index (χ2n) is 7.79. The predicted octanol–water partition coefficient (Wildman–Crippen LogP) is 1.49. The summed E-state index contributed by atoms with van der Waals surface area (Å²) in [6, 6.07) is 5.82. The van der Waals surface area contributed by atoms with Crippen LogP contribution in [-0.4, -0.2) is 33.7 Å². The Morgan fingerprint density at radius 2 is 2.18 bits per heavy atom. The van der Waals surface area contributed by atoms with Crippen LogP contribution in [0.1, 0.15) is 47.1 Å². The molecule has 2 aliphatic rings. The molecule has 0 saturated heterocycles. The van der Waals surface area contributed by atoms with Gasteiger partial charge in [0.05, 0.1) is 25.2 Å². The molecule has 28 heavy (non-hydrogen) atoms. The number of amides is 1. The van der Waals surface area contributed by atoms with Gasteiger partial charge in [-0.05, 0) is 55.9 Å². The molecule has 0 unspecified atom stereocenters. The van der Waals surface area contributed by atoms with Crippen LogP contribution in [0, 0.1) is 19.8 Å². The molecule has 7 heteroatoms. The Bertz CT molecular complexity index is 963. The molecule has 1 aliphatic heterocycles. The molecule has 148 valence electrons. The maximum absolute atomic E-state index is 12.8. The van der Waals surface area contributed by atoms with Gasteiger partial charge in [0.2, 0.25) is 5.91 Å². The van der Waals surface area contributed by atoms with Crippen LogP contribution >= 0.6 is 0 Å². The largest absolute Gasteiger partial charge is 0.493 e. The minimum absolute atomic E-state index is 0.0196. The van der Waals surface area contributed by atoms with Crippen molar-refractivity contribution in [3.05, 3.63) is 56.8 Å². The second kappa shape index (κ2) is 7.39. The van der Waals surface area contributed by atoms with Gasteiger partial charge in [-0.25, -0.2) is 4.98 Å². The molecule has 3 N–H and O–H groups in total. The molecule has 1 atom stereocenters. The Balaban J connectivity index is 1.55. The van der Waals surface area contributed by atoms with Gasteiger partial charge in [0, 0.05) is 17.7 Å². The van der Waals surface area contributed by atoms with Gasteiger partial charge in [0.25, 0.3) is 5.56 Å². The number of nitrogens with zero attached hydrogens (tertiary/aromatic N) is 1. The van der Waals surface area contributed by atoms with Crippen molar-refractivity contribution in [2.24, 2.45) is 5.92 Å². The third-order valence-electron chi connectivity index (χ3n) is 5.69. The molecule has 1 amide bonds. The van der Waals surface area contributed by atoms with E-state index in [0.29, 0.717) is 36.5 Å². The van der Waals surface area contributed by atoms with Gasteiger partial charge in [-0.3, -0.25) is 9.59 Å². The number of aromatic nitrogens is 2. The molecule has 1 aliphatic carbocycles. The number of rotatable bonds is 5. The van der Waals surface area contributed by atoms with Crippen molar-refractivity contribution in [1.82, 2.24) is 15.3 Å². The molecule has 1 aromatic heterocycles. The van der Waals surface area contributed by atoms with Gasteiger partial charge in [0.15, 0.2) is 0 Å². The summed E-state index contributed by atoms with van der Waals surface area (Å²) in [6.45, 7) is 4.14. The lowest BCUT2D eigenvalue weighted by molar-refractivity contribution is -0.122. The molecular formula is C21H25N3O4. The fourth-order valence-corrected chi connectivity index (χ4v) is 4.12. The molecule has 0 radical (unpaired) electrons. The minimum atomic E-state index is -0.312. The summed E-state index contributed by atoms with van der Waals surface area (Å²) >= 11 is 0. The molecule has 4 rings (SSSR count). The molecule has 0 spiro atoms. The van der Waals surface area contributed by atoms with Crippen LogP contribution in [0.4, 0.5) is 0 Å². The molecule has 1 saturated carbocycles. The first kappa shape index (κ1) is 18.7. The SMILES string of the molecule is Cc1nc(C)c(CC(=O)N[C@H](c2ccc3c(c2)CCO3)C2CC(O)C2)c(=O)[nH]1. The number of ether oxygens (including phenoxy) is 1. The van der Waals surface area contributed by atoms with Crippen LogP contribution in [0.3, 0.4) is 0 Å². The number of aliphatic hydroxyl groups excluding tert-OH is 1. The monoisotopic (exact) mass is 383 g/mol. The van der Waals surface area contributed by atoms with E-state index in [9.17, 15) is 14.7 Å². The van der Waals surface area contributed by atoms with Crippen molar-refractivity contribution >= 4 is 5.91 Å². The molecule has 2 aromatic rings. The molecule has 1 fully saturated rings. The van der Waals surface area contributed by atoms with Crippen molar-refractivity contribution in [1.29, 1.82) is 0 Å². The van der Waals surface area contributed by atoms with E-state index in [1.807, 2.05) is 12.1 Å². The summed E-state index contributed by atoms with van der Waals surface area (Å²) in [5, 5.41) is 12.8. The van der Waals surface area contributed by atoms with Gasteiger partial charge in [-0.15, -0.1) is 0 Å². The third kappa shape index (κ3) is 3.67. The number of carbonyl (C=O) groups is 1. The maximum Gasteiger partial charge on any atom is 0.254 e. The van der Waals surface area contributed by atoms with Gasteiger partial charge >= 0.3 is 0 Å². The molecule has 2 heterocycles. The van der Waals surface area contributed by atoms with Crippen molar-refractivity contribution in [3.8, 4) is 5.75 Å². The van der Waals surface area contributed by atoms with E-state index >= 15 is 0 Å². The van der Waals surface area contributed by atoms with E-state index in [4.69, 9.17) is 4.74 Å². The molecule has 0 bridgehead atoms. The fourth-order valence-electron chi connectivity index (χ4n) is 4.12. The highest BCUT2D eigenvalue weighted by Crippen LogP contribution is 2.39. The quantitative estimate of drug-likeness (QED) is 0.726. The highest BCUT2D eigenvalue weighted by molar-refractivity contribution is 5.79. The molecule has 1 aromatic carbocycles. The Morgan fingerprint density at radius 3 is 2.89 bits per heavy atom. The van der Waals surface area contributed by atoms with Gasteiger partial charge in [-0.1, -0.05) is 6.07 Å². The van der Waals surface area contributed by atoms with Crippen LogP contribution in [0.25, 0.3) is 0 Å². The second-order valence-corrected chi connectivity index (χ2v) is 7.79. The summed E-state index contributed by atoms with van der Waals surface area (Å²) in [6.07, 6.45) is 1.84.